The minimum atomic E-state index is -4.87. The zero-order chi connectivity index (χ0) is 26.2. The van der Waals surface area contributed by atoms with Gasteiger partial charge in [-0.05, 0) is 91.0 Å². The highest BCUT2D eigenvalue weighted by Crippen LogP contribution is 2.43. The number of sulfone groups is 1. The highest BCUT2D eigenvalue weighted by Gasteiger charge is 2.39. The van der Waals surface area contributed by atoms with E-state index in [1.165, 1.54) is 24.5 Å². The molecule has 0 unspecified atom stereocenters. The van der Waals surface area contributed by atoms with Crippen LogP contribution in [0.5, 0.6) is 0 Å². The third-order valence-corrected chi connectivity index (χ3v) is 8.63. The average molecular weight is 535 g/mol. The van der Waals surface area contributed by atoms with Crippen molar-refractivity contribution in [2.45, 2.75) is 48.7 Å². The van der Waals surface area contributed by atoms with Crippen molar-refractivity contribution in [3.8, 4) is 22.5 Å². The van der Waals surface area contributed by atoms with Crippen LogP contribution in [0.25, 0.3) is 22.5 Å². The van der Waals surface area contributed by atoms with Crippen LogP contribution in [-0.4, -0.2) is 72.4 Å². The summed E-state index contributed by atoms with van der Waals surface area (Å²) < 4.78 is 66.6. The van der Waals surface area contributed by atoms with Gasteiger partial charge in [-0.25, -0.2) is 13.5 Å². The largest absolute Gasteiger partial charge is 0.417 e. The number of piperidine rings is 2. The summed E-state index contributed by atoms with van der Waals surface area (Å²) in [5, 5.41) is 16.5. The number of aromatic nitrogens is 4. The number of nitrogens with zero attached hydrogens (tertiary/aromatic N) is 4. The van der Waals surface area contributed by atoms with Gasteiger partial charge in [0.05, 0.1) is 10.5 Å². The van der Waals surface area contributed by atoms with E-state index in [1.807, 2.05) is 24.3 Å². The van der Waals surface area contributed by atoms with Gasteiger partial charge >= 0.3 is 6.18 Å². The first-order valence-corrected chi connectivity index (χ1v) is 14.3. The van der Waals surface area contributed by atoms with Gasteiger partial charge in [0.25, 0.3) is 0 Å². The van der Waals surface area contributed by atoms with Crippen molar-refractivity contribution < 1.29 is 21.6 Å². The van der Waals surface area contributed by atoms with Gasteiger partial charge in [0.15, 0.2) is 15.7 Å². The van der Waals surface area contributed by atoms with E-state index in [4.69, 9.17) is 0 Å². The average Bonchev–Trinajstić information content (AvgIpc) is 3.42. The highest BCUT2D eigenvalue weighted by atomic mass is 32.2. The van der Waals surface area contributed by atoms with Crippen LogP contribution in [0.2, 0.25) is 0 Å². The fourth-order valence-corrected chi connectivity index (χ4v) is 6.80. The zero-order valence-electron chi connectivity index (χ0n) is 20.4. The van der Waals surface area contributed by atoms with Gasteiger partial charge < -0.3 is 10.2 Å². The molecule has 198 valence electrons. The number of rotatable bonds is 5. The second kappa shape index (κ2) is 10.1. The standard InChI is InChI=1S/C25H29F3N6O2S/c1-37(35,36)23-21(25(26,27)28)7-6-20(22(23)24-30-32-33-31-24)18-4-2-16(3-5-18)17-10-14-34(15-11-17)19-8-12-29-13-9-19/h2-7,17,19,29H,8-15H2,1H3,(H,30,31,32,33). The summed E-state index contributed by atoms with van der Waals surface area (Å²) in [6.45, 7) is 4.25. The van der Waals surface area contributed by atoms with Gasteiger partial charge in [0.2, 0.25) is 0 Å². The molecule has 0 spiro atoms. The Morgan fingerprint density at radius 2 is 1.65 bits per heavy atom. The summed E-state index contributed by atoms with van der Waals surface area (Å²) in [5.41, 5.74) is 0.625. The van der Waals surface area contributed by atoms with Crippen LogP contribution in [0, 0.1) is 0 Å². The van der Waals surface area contributed by atoms with E-state index >= 15 is 0 Å². The van der Waals surface area contributed by atoms with Gasteiger partial charge in [-0.15, -0.1) is 5.10 Å². The van der Waals surface area contributed by atoms with Crippen molar-refractivity contribution in [3.63, 3.8) is 0 Å². The van der Waals surface area contributed by atoms with E-state index in [2.05, 4.69) is 30.8 Å². The van der Waals surface area contributed by atoms with Crippen molar-refractivity contribution in [2.24, 2.45) is 0 Å². The third-order valence-electron chi connectivity index (χ3n) is 7.46. The molecule has 0 saturated carbocycles. The first-order valence-electron chi connectivity index (χ1n) is 12.4. The fourth-order valence-electron chi connectivity index (χ4n) is 5.64. The van der Waals surface area contributed by atoms with Crippen molar-refractivity contribution in [2.75, 3.05) is 32.4 Å². The topological polar surface area (TPSA) is 104 Å². The molecule has 2 fully saturated rings. The Kier molecular flexibility index (Phi) is 7.08. The Morgan fingerprint density at radius 3 is 2.22 bits per heavy atom. The molecule has 5 rings (SSSR count). The van der Waals surface area contributed by atoms with Crippen LogP contribution >= 0.6 is 0 Å². The number of alkyl halides is 3. The van der Waals surface area contributed by atoms with Gasteiger partial charge in [0, 0.05) is 17.9 Å². The third kappa shape index (κ3) is 5.41. The van der Waals surface area contributed by atoms with E-state index in [-0.39, 0.29) is 11.4 Å². The molecule has 0 amide bonds. The molecule has 12 heteroatoms. The molecule has 0 aliphatic carbocycles. The first kappa shape index (κ1) is 25.8. The summed E-state index contributed by atoms with van der Waals surface area (Å²) in [6, 6.07) is 10.4. The van der Waals surface area contributed by atoms with E-state index in [0.29, 0.717) is 23.1 Å². The van der Waals surface area contributed by atoms with Gasteiger partial charge in [-0.2, -0.15) is 13.2 Å². The molecule has 37 heavy (non-hydrogen) atoms. The lowest BCUT2D eigenvalue weighted by Crippen LogP contribution is -2.46. The lowest BCUT2D eigenvalue weighted by Gasteiger charge is -2.39. The quantitative estimate of drug-likeness (QED) is 0.512. The van der Waals surface area contributed by atoms with E-state index in [1.54, 1.807) is 0 Å². The molecule has 2 aromatic carbocycles. The van der Waals surface area contributed by atoms with Crippen molar-refractivity contribution in [3.05, 3.63) is 47.5 Å². The molecule has 0 radical (unpaired) electrons. The lowest BCUT2D eigenvalue weighted by molar-refractivity contribution is -0.139. The van der Waals surface area contributed by atoms with Crippen LogP contribution < -0.4 is 5.32 Å². The minimum Gasteiger partial charge on any atom is -0.317 e. The van der Waals surface area contributed by atoms with E-state index < -0.39 is 26.5 Å². The molecular weight excluding hydrogens is 505 g/mol. The number of hydrogen-bond donors (Lipinski definition) is 2. The Morgan fingerprint density at radius 1 is 0.973 bits per heavy atom. The van der Waals surface area contributed by atoms with Crippen molar-refractivity contribution in [1.82, 2.24) is 30.8 Å². The number of likely N-dealkylation sites (tertiary alicyclic amines) is 1. The molecule has 2 saturated heterocycles. The summed E-state index contributed by atoms with van der Waals surface area (Å²) >= 11 is 0. The molecular formula is C25H29F3N6O2S. The van der Waals surface area contributed by atoms with Gasteiger partial charge in [-0.3, -0.25) is 0 Å². The number of hydrogen-bond acceptors (Lipinski definition) is 7. The molecule has 2 N–H and O–H groups in total. The highest BCUT2D eigenvalue weighted by molar-refractivity contribution is 7.91. The summed E-state index contributed by atoms with van der Waals surface area (Å²) in [5.74, 6) is 0.264. The van der Waals surface area contributed by atoms with Crippen LogP contribution in [0.3, 0.4) is 0 Å². The second-order valence-electron chi connectivity index (χ2n) is 9.80. The van der Waals surface area contributed by atoms with Crippen molar-refractivity contribution in [1.29, 1.82) is 0 Å². The summed E-state index contributed by atoms with van der Waals surface area (Å²) in [6.07, 6.45) is 0.365. The normalized spacial score (nSPS) is 18.8. The first-order chi connectivity index (χ1) is 17.6. The number of H-pyrrole nitrogens is 1. The predicted molar refractivity (Wildman–Crippen MR) is 133 cm³/mol. The zero-order valence-corrected chi connectivity index (χ0v) is 21.2. The monoisotopic (exact) mass is 534 g/mol. The SMILES string of the molecule is CS(=O)(=O)c1c(C(F)(F)F)ccc(-c2ccc(C3CCN(C4CCNCC4)CC3)cc2)c1-c1nnn[nH]1. The Labute approximate surface area is 213 Å². The molecule has 2 aliphatic rings. The molecule has 0 bridgehead atoms. The molecule has 2 aliphatic heterocycles. The number of nitrogens with one attached hydrogen (secondary N) is 2. The van der Waals surface area contributed by atoms with Crippen LogP contribution in [0.1, 0.15) is 42.7 Å². The minimum absolute atomic E-state index is 0.143. The molecule has 3 aromatic rings. The smallest absolute Gasteiger partial charge is 0.317 e. The maximum absolute atomic E-state index is 13.8. The molecule has 1 aromatic heterocycles. The molecule has 3 heterocycles. The Balaban J connectivity index is 1.46. The fraction of sp³-hybridized carbons (Fsp3) is 0.480. The van der Waals surface area contributed by atoms with E-state index in [9.17, 15) is 21.6 Å². The number of halogens is 3. The summed E-state index contributed by atoms with van der Waals surface area (Å²) in [7, 11) is -4.29. The van der Waals surface area contributed by atoms with Crippen LogP contribution in [0.15, 0.2) is 41.3 Å². The van der Waals surface area contributed by atoms with Gasteiger partial charge in [-0.1, -0.05) is 30.3 Å². The second-order valence-corrected chi connectivity index (χ2v) is 11.8. The number of tetrazole rings is 1. The lowest BCUT2D eigenvalue weighted by atomic mass is 9.87. The van der Waals surface area contributed by atoms with Gasteiger partial charge in [0.1, 0.15) is 0 Å². The Hall–Kier alpha value is -2.83. The van der Waals surface area contributed by atoms with Crippen LogP contribution in [0.4, 0.5) is 13.2 Å². The maximum Gasteiger partial charge on any atom is 0.417 e. The number of benzene rings is 2. The molecule has 8 nitrogen and oxygen atoms in total. The molecule has 0 atom stereocenters. The predicted octanol–water partition coefficient (Wildman–Crippen LogP) is 3.89. The Bertz CT molecular complexity index is 1330. The summed E-state index contributed by atoms with van der Waals surface area (Å²) in [4.78, 5) is 1.75. The number of aromatic amines is 1. The maximum atomic E-state index is 13.8. The van der Waals surface area contributed by atoms with Crippen molar-refractivity contribution >= 4 is 9.84 Å². The van der Waals surface area contributed by atoms with E-state index in [0.717, 1.165) is 51.3 Å². The van der Waals surface area contributed by atoms with Crippen LogP contribution in [-0.2, 0) is 16.0 Å².